The van der Waals surface area contributed by atoms with Crippen molar-refractivity contribution in [3.05, 3.63) is 59.7 Å². The SMILES string of the molecule is COc1cc(C(C)(C)C)cc(NC(=O)/C(=N\O)c2ccc(OCCN3CCOCC3)c3ccccc23)c1OC. The molecule has 0 saturated carbocycles. The number of rotatable bonds is 9. The molecule has 0 spiro atoms. The average Bonchev–Trinajstić information content (AvgIpc) is 2.94. The van der Waals surface area contributed by atoms with E-state index >= 15 is 0 Å². The van der Waals surface area contributed by atoms with Gasteiger partial charge in [-0.3, -0.25) is 9.69 Å². The summed E-state index contributed by atoms with van der Waals surface area (Å²) in [6, 6.07) is 14.9. The molecule has 0 unspecified atom stereocenters. The zero-order valence-electron chi connectivity index (χ0n) is 23.2. The Bertz CT molecular complexity index is 1340. The van der Waals surface area contributed by atoms with Crippen LogP contribution in [0.25, 0.3) is 10.8 Å². The van der Waals surface area contributed by atoms with Crippen LogP contribution in [0.5, 0.6) is 17.2 Å². The van der Waals surface area contributed by atoms with Gasteiger partial charge in [0.25, 0.3) is 5.91 Å². The fraction of sp³-hybridized carbons (Fsp3) is 0.400. The first kappa shape index (κ1) is 28.2. The van der Waals surface area contributed by atoms with E-state index in [1.807, 2.05) is 36.4 Å². The summed E-state index contributed by atoms with van der Waals surface area (Å²) in [4.78, 5) is 15.8. The van der Waals surface area contributed by atoms with Crippen LogP contribution in [0.4, 0.5) is 5.69 Å². The number of benzene rings is 3. The summed E-state index contributed by atoms with van der Waals surface area (Å²) in [6.45, 7) is 10.8. The number of morpholine rings is 1. The summed E-state index contributed by atoms with van der Waals surface area (Å²) in [7, 11) is 3.06. The molecule has 1 heterocycles. The van der Waals surface area contributed by atoms with E-state index in [0.717, 1.165) is 49.2 Å². The van der Waals surface area contributed by atoms with Crippen molar-refractivity contribution in [2.45, 2.75) is 26.2 Å². The Morgan fingerprint density at radius 1 is 1.03 bits per heavy atom. The number of anilines is 1. The van der Waals surface area contributed by atoms with Crippen molar-refractivity contribution < 1.29 is 28.9 Å². The third kappa shape index (κ3) is 6.43. The molecular formula is C30H37N3O6. The van der Waals surface area contributed by atoms with Gasteiger partial charge in [-0.15, -0.1) is 0 Å². The van der Waals surface area contributed by atoms with Crippen molar-refractivity contribution in [3.63, 3.8) is 0 Å². The van der Waals surface area contributed by atoms with Gasteiger partial charge in [0, 0.05) is 30.6 Å². The van der Waals surface area contributed by atoms with Crippen molar-refractivity contribution >= 4 is 28.1 Å². The molecule has 1 saturated heterocycles. The fourth-order valence-corrected chi connectivity index (χ4v) is 4.61. The summed E-state index contributed by atoms with van der Waals surface area (Å²) in [6.07, 6.45) is 0. The van der Waals surface area contributed by atoms with E-state index in [1.165, 1.54) is 7.11 Å². The molecule has 1 aliphatic heterocycles. The van der Waals surface area contributed by atoms with Crippen LogP contribution in [0.3, 0.4) is 0 Å². The molecule has 1 amide bonds. The number of carbonyl (C=O) groups excluding carboxylic acids is 1. The van der Waals surface area contributed by atoms with Crippen LogP contribution in [0.15, 0.2) is 53.7 Å². The molecule has 0 aromatic heterocycles. The minimum absolute atomic E-state index is 0.131. The Kier molecular flexibility index (Phi) is 8.93. The van der Waals surface area contributed by atoms with E-state index in [0.29, 0.717) is 35.1 Å². The molecule has 1 aliphatic rings. The lowest BCUT2D eigenvalue weighted by Gasteiger charge is -2.26. The van der Waals surface area contributed by atoms with Crippen LogP contribution in [0, 0.1) is 0 Å². The molecule has 0 bridgehead atoms. The Hall–Kier alpha value is -3.82. The first-order valence-corrected chi connectivity index (χ1v) is 13.0. The normalized spacial score (nSPS) is 14.7. The highest BCUT2D eigenvalue weighted by molar-refractivity contribution is 6.50. The number of hydrogen-bond donors (Lipinski definition) is 2. The maximum atomic E-state index is 13.5. The van der Waals surface area contributed by atoms with Gasteiger partial charge in [-0.05, 0) is 40.6 Å². The van der Waals surface area contributed by atoms with Crippen molar-refractivity contribution in [1.82, 2.24) is 4.90 Å². The second kappa shape index (κ2) is 12.4. The maximum absolute atomic E-state index is 13.5. The van der Waals surface area contributed by atoms with Gasteiger partial charge in [-0.2, -0.15) is 0 Å². The van der Waals surface area contributed by atoms with E-state index in [1.54, 1.807) is 19.2 Å². The maximum Gasteiger partial charge on any atom is 0.278 e. The minimum Gasteiger partial charge on any atom is -0.493 e. The number of fused-ring (bicyclic) bond motifs is 1. The lowest BCUT2D eigenvalue weighted by atomic mass is 9.86. The second-order valence-electron chi connectivity index (χ2n) is 10.4. The Labute approximate surface area is 229 Å². The summed E-state index contributed by atoms with van der Waals surface area (Å²) in [5, 5.41) is 17.8. The first-order chi connectivity index (χ1) is 18.8. The zero-order valence-corrected chi connectivity index (χ0v) is 23.2. The molecular weight excluding hydrogens is 498 g/mol. The van der Waals surface area contributed by atoms with E-state index in [4.69, 9.17) is 18.9 Å². The molecule has 4 rings (SSSR count). The van der Waals surface area contributed by atoms with Crippen molar-refractivity contribution in [1.29, 1.82) is 0 Å². The number of nitrogens with one attached hydrogen (secondary N) is 1. The number of nitrogens with zero attached hydrogens (tertiary/aromatic N) is 2. The molecule has 2 N–H and O–H groups in total. The molecule has 0 radical (unpaired) electrons. The minimum atomic E-state index is -0.588. The summed E-state index contributed by atoms with van der Waals surface area (Å²) < 4.78 is 22.6. The van der Waals surface area contributed by atoms with Gasteiger partial charge in [-0.25, -0.2) is 0 Å². The Balaban J connectivity index is 1.61. The number of carbonyl (C=O) groups is 1. The van der Waals surface area contributed by atoms with Crippen LogP contribution in [-0.4, -0.2) is 75.4 Å². The summed E-state index contributed by atoms with van der Waals surface area (Å²) >= 11 is 0. The molecule has 0 aliphatic carbocycles. The molecule has 3 aromatic rings. The lowest BCUT2D eigenvalue weighted by Crippen LogP contribution is -2.38. The number of hydrogen-bond acceptors (Lipinski definition) is 8. The van der Waals surface area contributed by atoms with E-state index < -0.39 is 5.91 Å². The first-order valence-electron chi connectivity index (χ1n) is 13.0. The predicted molar refractivity (Wildman–Crippen MR) is 152 cm³/mol. The Morgan fingerprint density at radius 3 is 2.38 bits per heavy atom. The van der Waals surface area contributed by atoms with Gasteiger partial charge in [0.15, 0.2) is 17.2 Å². The van der Waals surface area contributed by atoms with Crippen molar-refractivity contribution in [3.8, 4) is 17.2 Å². The third-order valence-corrected chi connectivity index (χ3v) is 6.82. The number of amides is 1. The van der Waals surface area contributed by atoms with Crippen LogP contribution in [0.1, 0.15) is 31.9 Å². The van der Waals surface area contributed by atoms with Gasteiger partial charge in [0.1, 0.15) is 12.4 Å². The predicted octanol–water partition coefficient (Wildman–Crippen LogP) is 4.68. The highest BCUT2D eigenvalue weighted by Gasteiger charge is 2.24. The number of methoxy groups -OCH3 is 2. The molecule has 9 heteroatoms. The molecule has 208 valence electrons. The van der Waals surface area contributed by atoms with Gasteiger partial charge in [0.05, 0.1) is 33.1 Å². The van der Waals surface area contributed by atoms with Crippen LogP contribution < -0.4 is 19.5 Å². The van der Waals surface area contributed by atoms with E-state index in [-0.39, 0.29) is 11.1 Å². The Morgan fingerprint density at radius 2 is 1.74 bits per heavy atom. The number of ether oxygens (including phenoxy) is 4. The second-order valence-corrected chi connectivity index (χ2v) is 10.4. The topological polar surface area (TPSA) is 102 Å². The quantitative estimate of drug-likeness (QED) is 0.233. The number of oxime groups is 1. The van der Waals surface area contributed by atoms with E-state index in [2.05, 4.69) is 36.1 Å². The van der Waals surface area contributed by atoms with Gasteiger partial charge in [-0.1, -0.05) is 50.2 Å². The van der Waals surface area contributed by atoms with Gasteiger partial charge < -0.3 is 29.5 Å². The van der Waals surface area contributed by atoms with Crippen LogP contribution in [-0.2, 0) is 14.9 Å². The average molecular weight is 536 g/mol. The smallest absolute Gasteiger partial charge is 0.278 e. The molecule has 9 nitrogen and oxygen atoms in total. The highest BCUT2D eigenvalue weighted by Crippen LogP contribution is 2.40. The van der Waals surface area contributed by atoms with Crippen LogP contribution in [0.2, 0.25) is 0 Å². The van der Waals surface area contributed by atoms with Crippen molar-refractivity contribution in [2.24, 2.45) is 5.16 Å². The third-order valence-electron chi connectivity index (χ3n) is 6.82. The molecule has 3 aromatic carbocycles. The largest absolute Gasteiger partial charge is 0.493 e. The molecule has 39 heavy (non-hydrogen) atoms. The monoisotopic (exact) mass is 535 g/mol. The zero-order chi connectivity index (χ0) is 28.0. The standard InChI is InChI=1S/C30H37N3O6/c1-30(2,3)20-18-24(28(37-5)26(19-20)36-4)31-29(34)27(32-35)23-10-11-25(22-9-7-6-8-21(22)23)39-17-14-33-12-15-38-16-13-33/h6-11,18-19,35H,12-17H2,1-5H3,(H,31,34)/b32-27-. The van der Waals surface area contributed by atoms with Gasteiger partial charge >= 0.3 is 0 Å². The summed E-state index contributed by atoms with van der Waals surface area (Å²) in [5.74, 6) is 0.983. The lowest BCUT2D eigenvalue weighted by molar-refractivity contribution is -0.110. The molecule has 1 fully saturated rings. The summed E-state index contributed by atoms with van der Waals surface area (Å²) in [5.41, 5.74) is 1.50. The van der Waals surface area contributed by atoms with Crippen LogP contribution >= 0.6 is 0 Å². The highest BCUT2D eigenvalue weighted by atomic mass is 16.5. The van der Waals surface area contributed by atoms with E-state index in [9.17, 15) is 10.0 Å². The van der Waals surface area contributed by atoms with Crippen molar-refractivity contribution in [2.75, 3.05) is 59.0 Å². The fourth-order valence-electron chi connectivity index (χ4n) is 4.61. The van der Waals surface area contributed by atoms with Gasteiger partial charge in [0.2, 0.25) is 0 Å². The molecule has 0 atom stereocenters.